The molecule has 2 rings (SSSR count). The second-order valence-electron chi connectivity index (χ2n) is 4.38. The van der Waals surface area contributed by atoms with E-state index in [2.05, 4.69) is 10.3 Å². The lowest BCUT2D eigenvalue weighted by molar-refractivity contribution is -0.140. The SMILES string of the molecule is CCOC(=O)CNc1ccc(Cl)nc1C(=O)c1ccccc1. The Kier molecular flexibility index (Phi) is 5.49. The van der Waals surface area contributed by atoms with Gasteiger partial charge in [0.25, 0.3) is 0 Å². The third kappa shape index (κ3) is 4.05. The zero-order chi connectivity index (χ0) is 15.9. The maximum absolute atomic E-state index is 12.5. The van der Waals surface area contributed by atoms with Crippen LogP contribution >= 0.6 is 11.6 Å². The van der Waals surface area contributed by atoms with Crippen molar-refractivity contribution in [2.24, 2.45) is 0 Å². The molecule has 0 unspecified atom stereocenters. The summed E-state index contributed by atoms with van der Waals surface area (Å²) in [6.45, 7) is 1.98. The normalized spacial score (nSPS) is 10.1. The first kappa shape index (κ1) is 16.0. The van der Waals surface area contributed by atoms with Crippen molar-refractivity contribution in [3.63, 3.8) is 0 Å². The fourth-order valence-corrected chi connectivity index (χ4v) is 2.00. The summed E-state index contributed by atoms with van der Waals surface area (Å²) in [4.78, 5) is 28.0. The number of hydrogen-bond donors (Lipinski definition) is 1. The zero-order valence-electron chi connectivity index (χ0n) is 12.0. The van der Waals surface area contributed by atoms with Gasteiger partial charge in [0, 0.05) is 5.56 Å². The van der Waals surface area contributed by atoms with Crippen LogP contribution in [-0.4, -0.2) is 29.9 Å². The van der Waals surface area contributed by atoms with Gasteiger partial charge in [-0.05, 0) is 19.1 Å². The molecule has 0 atom stereocenters. The van der Waals surface area contributed by atoms with Crippen molar-refractivity contribution in [2.75, 3.05) is 18.5 Å². The van der Waals surface area contributed by atoms with E-state index in [1.54, 1.807) is 43.3 Å². The number of halogens is 1. The summed E-state index contributed by atoms with van der Waals surface area (Å²) in [5, 5.41) is 3.07. The van der Waals surface area contributed by atoms with Gasteiger partial charge in [0.15, 0.2) is 0 Å². The Morgan fingerprint density at radius 2 is 1.91 bits per heavy atom. The number of ketones is 1. The molecule has 0 spiro atoms. The summed E-state index contributed by atoms with van der Waals surface area (Å²) >= 11 is 5.88. The second-order valence-corrected chi connectivity index (χ2v) is 4.77. The first-order valence-electron chi connectivity index (χ1n) is 6.77. The topological polar surface area (TPSA) is 68.3 Å². The number of nitrogens with zero attached hydrogens (tertiary/aromatic N) is 1. The highest BCUT2D eigenvalue weighted by atomic mass is 35.5. The Bertz CT molecular complexity index is 674. The quantitative estimate of drug-likeness (QED) is 0.504. The number of carbonyl (C=O) groups is 2. The van der Waals surface area contributed by atoms with Gasteiger partial charge in [-0.25, -0.2) is 4.98 Å². The molecule has 1 N–H and O–H groups in total. The van der Waals surface area contributed by atoms with Crippen LogP contribution in [0.25, 0.3) is 0 Å². The Hall–Kier alpha value is -2.40. The number of hydrogen-bond acceptors (Lipinski definition) is 5. The third-order valence-electron chi connectivity index (χ3n) is 2.84. The largest absolute Gasteiger partial charge is 0.465 e. The fourth-order valence-electron chi connectivity index (χ4n) is 1.86. The van der Waals surface area contributed by atoms with Crippen molar-refractivity contribution in [3.8, 4) is 0 Å². The van der Waals surface area contributed by atoms with E-state index >= 15 is 0 Å². The Labute approximate surface area is 133 Å². The van der Waals surface area contributed by atoms with Crippen molar-refractivity contribution in [2.45, 2.75) is 6.92 Å². The Balaban J connectivity index is 2.24. The molecule has 1 heterocycles. The molecule has 1 aromatic heterocycles. The highest BCUT2D eigenvalue weighted by Crippen LogP contribution is 2.20. The summed E-state index contributed by atoms with van der Waals surface area (Å²) in [6, 6.07) is 11.9. The number of benzene rings is 1. The first-order valence-corrected chi connectivity index (χ1v) is 7.15. The highest BCUT2D eigenvalue weighted by Gasteiger charge is 2.16. The standard InChI is InChI=1S/C16H15ClN2O3/c1-2-22-14(20)10-18-12-8-9-13(17)19-15(12)16(21)11-6-4-3-5-7-11/h3-9,18H,2,10H2,1H3. The number of pyridine rings is 1. The molecule has 1 aromatic carbocycles. The van der Waals surface area contributed by atoms with Gasteiger partial charge < -0.3 is 10.1 Å². The summed E-state index contributed by atoms with van der Waals surface area (Å²) in [6.07, 6.45) is 0. The maximum Gasteiger partial charge on any atom is 0.325 e. The average molecular weight is 319 g/mol. The predicted octanol–water partition coefficient (Wildman–Crippen LogP) is 2.94. The molecule has 0 aliphatic heterocycles. The van der Waals surface area contributed by atoms with E-state index in [0.717, 1.165) is 0 Å². The van der Waals surface area contributed by atoms with Gasteiger partial charge in [-0.15, -0.1) is 0 Å². The van der Waals surface area contributed by atoms with Crippen LogP contribution in [0.1, 0.15) is 23.0 Å². The molecule has 0 amide bonds. The first-order chi connectivity index (χ1) is 10.6. The summed E-state index contributed by atoms with van der Waals surface area (Å²) < 4.78 is 4.84. The molecule has 0 saturated carbocycles. The molecular weight excluding hydrogens is 304 g/mol. The fraction of sp³-hybridized carbons (Fsp3) is 0.188. The van der Waals surface area contributed by atoms with Gasteiger partial charge in [0.1, 0.15) is 17.4 Å². The Morgan fingerprint density at radius 1 is 1.18 bits per heavy atom. The van der Waals surface area contributed by atoms with E-state index in [0.29, 0.717) is 17.9 Å². The number of anilines is 1. The minimum absolute atomic E-state index is 0.0494. The molecule has 0 bridgehead atoms. The summed E-state index contributed by atoms with van der Waals surface area (Å²) in [5.74, 6) is -0.676. The lowest BCUT2D eigenvalue weighted by Crippen LogP contribution is -2.19. The van der Waals surface area contributed by atoms with E-state index in [9.17, 15) is 9.59 Å². The van der Waals surface area contributed by atoms with Crippen LogP contribution in [-0.2, 0) is 9.53 Å². The molecule has 2 aromatic rings. The molecule has 0 aliphatic rings. The molecule has 0 radical (unpaired) electrons. The smallest absolute Gasteiger partial charge is 0.325 e. The van der Waals surface area contributed by atoms with E-state index in [1.165, 1.54) is 0 Å². The lowest BCUT2D eigenvalue weighted by Gasteiger charge is -2.10. The number of carbonyl (C=O) groups excluding carboxylic acids is 2. The molecule has 0 saturated heterocycles. The minimum Gasteiger partial charge on any atom is -0.465 e. The predicted molar refractivity (Wildman–Crippen MR) is 84.2 cm³/mol. The van der Waals surface area contributed by atoms with E-state index in [-0.39, 0.29) is 23.2 Å². The molecule has 5 nitrogen and oxygen atoms in total. The van der Waals surface area contributed by atoms with Gasteiger partial charge in [0.05, 0.1) is 12.3 Å². The maximum atomic E-state index is 12.5. The number of esters is 1. The zero-order valence-corrected chi connectivity index (χ0v) is 12.8. The molecule has 0 fully saturated rings. The number of ether oxygens (including phenoxy) is 1. The third-order valence-corrected chi connectivity index (χ3v) is 3.05. The molecule has 114 valence electrons. The van der Waals surface area contributed by atoms with Crippen LogP contribution in [0.5, 0.6) is 0 Å². The lowest BCUT2D eigenvalue weighted by atomic mass is 10.1. The monoisotopic (exact) mass is 318 g/mol. The van der Waals surface area contributed by atoms with Crippen LogP contribution in [0.3, 0.4) is 0 Å². The number of aromatic nitrogens is 1. The van der Waals surface area contributed by atoms with Crippen molar-refractivity contribution in [1.82, 2.24) is 4.98 Å². The van der Waals surface area contributed by atoms with Gasteiger partial charge in [-0.3, -0.25) is 9.59 Å². The molecule has 0 aliphatic carbocycles. The van der Waals surface area contributed by atoms with Gasteiger partial charge in [-0.2, -0.15) is 0 Å². The van der Waals surface area contributed by atoms with Crippen LogP contribution in [0.15, 0.2) is 42.5 Å². The summed E-state index contributed by atoms with van der Waals surface area (Å²) in [5.41, 5.74) is 1.10. The minimum atomic E-state index is -0.407. The second kappa shape index (κ2) is 7.56. The van der Waals surface area contributed by atoms with E-state index in [1.807, 2.05) is 6.07 Å². The van der Waals surface area contributed by atoms with Crippen LogP contribution < -0.4 is 5.32 Å². The Morgan fingerprint density at radius 3 is 2.59 bits per heavy atom. The van der Waals surface area contributed by atoms with Crippen molar-refractivity contribution in [1.29, 1.82) is 0 Å². The van der Waals surface area contributed by atoms with E-state index < -0.39 is 5.97 Å². The van der Waals surface area contributed by atoms with Crippen LogP contribution in [0, 0.1) is 0 Å². The number of rotatable bonds is 6. The molecule has 6 heteroatoms. The van der Waals surface area contributed by atoms with Crippen molar-refractivity contribution < 1.29 is 14.3 Å². The van der Waals surface area contributed by atoms with Crippen molar-refractivity contribution in [3.05, 3.63) is 58.9 Å². The van der Waals surface area contributed by atoms with Crippen molar-refractivity contribution >= 4 is 29.0 Å². The van der Waals surface area contributed by atoms with Crippen LogP contribution in [0.4, 0.5) is 5.69 Å². The van der Waals surface area contributed by atoms with Crippen LogP contribution in [0.2, 0.25) is 5.15 Å². The molecular formula is C16H15ClN2O3. The summed E-state index contributed by atoms with van der Waals surface area (Å²) in [7, 11) is 0. The van der Waals surface area contributed by atoms with Gasteiger partial charge in [-0.1, -0.05) is 41.9 Å². The van der Waals surface area contributed by atoms with E-state index in [4.69, 9.17) is 16.3 Å². The van der Waals surface area contributed by atoms with Gasteiger partial charge in [0.2, 0.25) is 5.78 Å². The highest BCUT2D eigenvalue weighted by molar-refractivity contribution is 6.29. The number of nitrogens with one attached hydrogen (secondary N) is 1. The average Bonchev–Trinajstić information content (AvgIpc) is 2.54. The van der Waals surface area contributed by atoms with Gasteiger partial charge >= 0.3 is 5.97 Å². The molecule has 22 heavy (non-hydrogen) atoms.